The predicted molar refractivity (Wildman–Crippen MR) is 110 cm³/mol. The van der Waals surface area contributed by atoms with Crippen LogP contribution in [0.5, 0.6) is 0 Å². The van der Waals surface area contributed by atoms with Crippen LogP contribution in [0.25, 0.3) is 0 Å². The van der Waals surface area contributed by atoms with Gasteiger partial charge >= 0.3 is 0 Å². The van der Waals surface area contributed by atoms with Crippen molar-refractivity contribution in [3.63, 3.8) is 0 Å². The molecule has 2 heteroatoms. The second-order valence-corrected chi connectivity index (χ2v) is 6.76. The van der Waals surface area contributed by atoms with Crippen LogP contribution in [0.2, 0.25) is 0 Å². The Bertz CT molecular complexity index is 811. The maximum absolute atomic E-state index is 10.3. The third kappa shape index (κ3) is 4.33. The SMILES string of the molecule is CCCCC(O)c1ccc(N(c2ccccc2)c2cccc(C)c2)cc1. The summed E-state index contributed by atoms with van der Waals surface area (Å²) in [4.78, 5) is 2.25. The molecule has 0 saturated carbocycles. The number of benzene rings is 3. The quantitative estimate of drug-likeness (QED) is 0.516. The zero-order valence-electron chi connectivity index (χ0n) is 15.6. The first kappa shape index (κ1) is 18.2. The molecule has 0 aliphatic rings. The summed E-state index contributed by atoms with van der Waals surface area (Å²) in [6.45, 7) is 4.26. The van der Waals surface area contributed by atoms with E-state index >= 15 is 0 Å². The molecule has 0 aromatic heterocycles. The van der Waals surface area contributed by atoms with Gasteiger partial charge in [-0.1, -0.05) is 62.2 Å². The molecule has 0 heterocycles. The van der Waals surface area contributed by atoms with Crippen LogP contribution in [0.4, 0.5) is 17.1 Å². The fourth-order valence-corrected chi connectivity index (χ4v) is 3.20. The number of aliphatic hydroxyl groups excluding tert-OH is 1. The van der Waals surface area contributed by atoms with Gasteiger partial charge in [0.15, 0.2) is 0 Å². The molecule has 1 unspecified atom stereocenters. The van der Waals surface area contributed by atoms with E-state index in [1.165, 1.54) is 5.56 Å². The van der Waals surface area contributed by atoms with Crippen molar-refractivity contribution >= 4 is 17.1 Å². The van der Waals surface area contributed by atoms with Gasteiger partial charge in [-0.25, -0.2) is 0 Å². The number of hydrogen-bond acceptors (Lipinski definition) is 2. The molecule has 1 N–H and O–H groups in total. The predicted octanol–water partition coefficient (Wildman–Crippen LogP) is 6.69. The van der Waals surface area contributed by atoms with Gasteiger partial charge in [0.05, 0.1) is 6.10 Å². The smallest absolute Gasteiger partial charge is 0.0790 e. The lowest BCUT2D eigenvalue weighted by atomic mass is 10.0. The lowest BCUT2D eigenvalue weighted by Gasteiger charge is -2.26. The zero-order valence-corrected chi connectivity index (χ0v) is 15.6. The Morgan fingerprint density at radius 3 is 2.12 bits per heavy atom. The minimum absolute atomic E-state index is 0.381. The number of aryl methyl sites for hydroxylation is 1. The fraction of sp³-hybridized carbons (Fsp3) is 0.250. The Hall–Kier alpha value is -2.58. The molecule has 3 rings (SSSR count). The lowest BCUT2D eigenvalue weighted by Crippen LogP contribution is -2.10. The fourth-order valence-electron chi connectivity index (χ4n) is 3.20. The Morgan fingerprint density at radius 2 is 1.46 bits per heavy atom. The molecular weight excluding hydrogens is 318 g/mol. The van der Waals surface area contributed by atoms with Gasteiger partial charge in [0.1, 0.15) is 0 Å². The van der Waals surface area contributed by atoms with Crippen molar-refractivity contribution in [3.8, 4) is 0 Å². The molecule has 2 nitrogen and oxygen atoms in total. The minimum atomic E-state index is -0.381. The number of rotatable bonds is 7. The largest absolute Gasteiger partial charge is 0.388 e. The average Bonchev–Trinajstić information content (AvgIpc) is 2.68. The van der Waals surface area contributed by atoms with Gasteiger partial charge in [0.2, 0.25) is 0 Å². The molecule has 0 radical (unpaired) electrons. The van der Waals surface area contributed by atoms with E-state index in [4.69, 9.17) is 0 Å². The number of anilines is 3. The molecule has 0 aliphatic heterocycles. The maximum Gasteiger partial charge on any atom is 0.0790 e. The van der Waals surface area contributed by atoms with Crippen LogP contribution in [0.1, 0.15) is 43.4 Å². The monoisotopic (exact) mass is 345 g/mol. The number of para-hydroxylation sites is 1. The van der Waals surface area contributed by atoms with Crippen LogP contribution in [0.3, 0.4) is 0 Å². The Kier molecular flexibility index (Phi) is 6.08. The minimum Gasteiger partial charge on any atom is -0.388 e. The topological polar surface area (TPSA) is 23.5 Å². The van der Waals surface area contributed by atoms with E-state index in [0.717, 1.165) is 41.9 Å². The first-order valence-corrected chi connectivity index (χ1v) is 9.39. The highest BCUT2D eigenvalue weighted by atomic mass is 16.3. The number of nitrogens with zero attached hydrogens (tertiary/aromatic N) is 1. The first-order chi connectivity index (χ1) is 12.7. The van der Waals surface area contributed by atoms with E-state index in [-0.39, 0.29) is 6.10 Å². The van der Waals surface area contributed by atoms with Crippen molar-refractivity contribution < 1.29 is 5.11 Å². The van der Waals surface area contributed by atoms with Gasteiger partial charge in [-0.2, -0.15) is 0 Å². The van der Waals surface area contributed by atoms with Gasteiger partial charge in [-0.3, -0.25) is 0 Å². The Labute approximate surface area is 156 Å². The molecule has 0 fully saturated rings. The van der Waals surface area contributed by atoms with Gasteiger partial charge in [-0.15, -0.1) is 0 Å². The van der Waals surface area contributed by atoms with Crippen LogP contribution in [-0.2, 0) is 0 Å². The van der Waals surface area contributed by atoms with Crippen LogP contribution >= 0.6 is 0 Å². The first-order valence-electron chi connectivity index (χ1n) is 9.39. The van der Waals surface area contributed by atoms with Crippen molar-refractivity contribution in [3.05, 3.63) is 90.0 Å². The summed E-state index contributed by atoms with van der Waals surface area (Å²) >= 11 is 0. The molecule has 0 amide bonds. The van der Waals surface area contributed by atoms with E-state index in [1.54, 1.807) is 0 Å². The summed E-state index contributed by atoms with van der Waals surface area (Å²) in [6, 6.07) is 27.2. The maximum atomic E-state index is 10.3. The van der Waals surface area contributed by atoms with Gasteiger partial charge in [0, 0.05) is 17.1 Å². The van der Waals surface area contributed by atoms with E-state index < -0.39 is 0 Å². The summed E-state index contributed by atoms with van der Waals surface area (Å²) in [7, 11) is 0. The molecule has 0 spiro atoms. The normalized spacial score (nSPS) is 12.0. The summed E-state index contributed by atoms with van der Waals surface area (Å²) < 4.78 is 0. The molecule has 3 aromatic carbocycles. The highest BCUT2D eigenvalue weighted by Gasteiger charge is 2.13. The van der Waals surface area contributed by atoms with Gasteiger partial charge in [-0.05, 0) is 60.9 Å². The highest BCUT2D eigenvalue weighted by molar-refractivity contribution is 5.76. The molecule has 1 atom stereocenters. The molecule has 26 heavy (non-hydrogen) atoms. The summed E-state index contributed by atoms with van der Waals surface area (Å²) in [5.74, 6) is 0. The molecule has 0 bridgehead atoms. The van der Waals surface area contributed by atoms with Crippen LogP contribution in [0, 0.1) is 6.92 Å². The van der Waals surface area contributed by atoms with Gasteiger partial charge in [0.25, 0.3) is 0 Å². The van der Waals surface area contributed by atoms with Crippen LogP contribution in [0.15, 0.2) is 78.9 Å². The molecule has 0 saturated heterocycles. The van der Waals surface area contributed by atoms with Crippen molar-refractivity contribution in [2.24, 2.45) is 0 Å². The Morgan fingerprint density at radius 1 is 0.808 bits per heavy atom. The zero-order chi connectivity index (χ0) is 18.4. The average molecular weight is 345 g/mol. The summed E-state index contributed by atoms with van der Waals surface area (Å²) in [5, 5.41) is 10.3. The number of hydrogen-bond donors (Lipinski definition) is 1. The standard InChI is InChI=1S/C24H27NO/c1-3-4-13-24(26)20-14-16-22(17-15-20)25(21-10-6-5-7-11-21)23-12-8-9-19(2)18-23/h5-12,14-18,24,26H,3-4,13H2,1-2H3. The third-order valence-corrected chi connectivity index (χ3v) is 4.64. The van der Waals surface area contributed by atoms with Crippen molar-refractivity contribution in [2.75, 3.05) is 4.90 Å². The Balaban J connectivity index is 1.95. The third-order valence-electron chi connectivity index (χ3n) is 4.64. The number of unbranched alkanes of at least 4 members (excludes halogenated alkanes) is 1. The molecule has 134 valence electrons. The molecular formula is C24H27NO. The van der Waals surface area contributed by atoms with Crippen molar-refractivity contribution in [2.45, 2.75) is 39.2 Å². The van der Waals surface area contributed by atoms with E-state index in [1.807, 2.05) is 18.2 Å². The summed E-state index contributed by atoms with van der Waals surface area (Å²) in [5.41, 5.74) is 5.57. The van der Waals surface area contributed by atoms with E-state index in [0.29, 0.717) is 0 Å². The lowest BCUT2D eigenvalue weighted by molar-refractivity contribution is 0.164. The number of aliphatic hydroxyl groups is 1. The molecule has 3 aromatic rings. The highest BCUT2D eigenvalue weighted by Crippen LogP contribution is 2.35. The van der Waals surface area contributed by atoms with Gasteiger partial charge < -0.3 is 10.0 Å². The molecule has 0 aliphatic carbocycles. The van der Waals surface area contributed by atoms with Crippen molar-refractivity contribution in [1.29, 1.82) is 0 Å². The van der Waals surface area contributed by atoms with E-state index in [2.05, 4.69) is 79.4 Å². The second-order valence-electron chi connectivity index (χ2n) is 6.76. The van der Waals surface area contributed by atoms with Crippen molar-refractivity contribution in [1.82, 2.24) is 0 Å². The second kappa shape index (κ2) is 8.68. The summed E-state index contributed by atoms with van der Waals surface area (Å²) in [6.07, 6.45) is 2.58. The van der Waals surface area contributed by atoms with E-state index in [9.17, 15) is 5.11 Å². The van der Waals surface area contributed by atoms with Crippen LogP contribution in [-0.4, -0.2) is 5.11 Å². The van der Waals surface area contributed by atoms with Crippen LogP contribution < -0.4 is 4.90 Å².